The van der Waals surface area contributed by atoms with Gasteiger partial charge < -0.3 is 24.1 Å². The number of phenols is 1. The molecular formula is C20H18O8. The second-order valence-corrected chi connectivity index (χ2v) is 5.41. The van der Waals surface area contributed by atoms with Crippen LogP contribution in [0, 0.1) is 0 Å². The third-order valence-corrected chi connectivity index (χ3v) is 3.45. The number of phenolic OH excluding ortho intramolecular Hbond substituents is 1. The monoisotopic (exact) mass is 386 g/mol. The summed E-state index contributed by atoms with van der Waals surface area (Å²) >= 11 is 0. The second-order valence-electron chi connectivity index (χ2n) is 5.41. The Kier molecular flexibility index (Phi) is 6.75. The Balaban J connectivity index is 2.35. The quantitative estimate of drug-likeness (QED) is 0.349. The normalized spacial score (nSPS) is 10.8. The Bertz CT molecular complexity index is 912. The van der Waals surface area contributed by atoms with E-state index in [9.17, 15) is 19.5 Å². The Labute approximate surface area is 160 Å². The number of carbonyl (C=O) groups is 3. The van der Waals surface area contributed by atoms with Crippen LogP contribution in [-0.4, -0.2) is 37.2 Å². The highest BCUT2D eigenvalue weighted by molar-refractivity contribution is 5.94. The highest BCUT2D eigenvalue weighted by Crippen LogP contribution is 2.32. The van der Waals surface area contributed by atoms with E-state index in [1.165, 1.54) is 57.6 Å². The summed E-state index contributed by atoms with van der Waals surface area (Å²) in [7, 11) is 2.35. The molecule has 0 spiro atoms. The molecule has 0 radical (unpaired) electrons. The maximum atomic E-state index is 12.1. The average molecular weight is 386 g/mol. The van der Waals surface area contributed by atoms with Crippen LogP contribution in [0.2, 0.25) is 0 Å². The summed E-state index contributed by atoms with van der Waals surface area (Å²) in [5.74, 6) is -2.51. The molecule has 0 fully saturated rings. The lowest BCUT2D eigenvalue weighted by Gasteiger charge is -2.12. The number of methoxy groups -OCH3 is 2. The molecule has 2 rings (SSSR count). The number of carbonyl (C=O) groups excluding carboxylic acids is 3. The van der Waals surface area contributed by atoms with Gasteiger partial charge in [-0.1, -0.05) is 18.2 Å². The van der Waals surface area contributed by atoms with Gasteiger partial charge in [0.05, 0.1) is 14.2 Å². The highest BCUT2D eigenvalue weighted by atomic mass is 16.6. The first kappa shape index (κ1) is 20.5. The fraction of sp³-hybridized carbons (Fsp3) is 0.150. The molecule has 2 aromatic rings. The van der Waals surface area contributed by atoms with Crippen LogP contribution in [0.15, 0.2) is 48.2 Å². The smallest absolute Gasteiger partial charge is 0.373 e. The lowest BCUT2D eigenvalue weighted by atomic mass is 10.1. The topological polar surface area (TPSA) is 108 Å². The Morgan fingerprint density at radius 3 is 2.18 bits per heavy atom. The summed E-state index contributed by atoms with van der Waals surface area (Å²) in [5.41, 5.74) is 0.426. The molecule has 146 valence electrons. The predicted octanol–water partition coefficient (Wildman–Crippen LogP) is 2.70. The highest BCUT2D eigenvalue weighted by Gasteiger charge is 2.19. The first-order valence-electron chi connectivity index (χ1n) is 8.02. The average Bonchev–Trinajstić information content (AvgIpc) is 2.68. The third kappa shape index (κ3) is 5.10. The van der Waals surface area contributed by atoms with Gasteiger partial charge in [-0.15, -0.1) is 0 Å². The van der Waals surface area contributed by atoms with E-state index in [2.05, 4.69) is 4.74 Å². The van der Waals surface area contributed by atoms with Crippen molar-refractivity contribution in [2.24, 2.45) is 0 Å². The summed E-state index contributed by atoms with van der Waals surface area (Å²) < 4.78 is 19.7. The molecule has 0 saturated heterocycles. The number of ether oxygens (including phenoxy) is 4. The van der Waals surface area contributed by atoms with Gasteiger partial charge in [0.25, 0.3) is 0 Å². The lowest BCUT2D eigenvalue weighted by Crippen LogP contribution is -2.11. The van der Waals surface area contributed by atoms with Gasteiger partial charge in [-0.25, -0.2) is 9.59 Å². The van der Waals surface area contributed by atoms with E-state index in [1.54, 1.807) is 12.1 Å². The second kappa shape index (κ2) is 9.22. The summed E-state index contributed by atoms with van der Waals surface area (Å²) in [5, 5.41) is 10.2. The molecule has 0 saturated carbocycles. The molecule has 0 bridgehead atoms. The molecule has 0 amide bonds. The standard InChI is InChI=1S/C20H18O8/c1-12(21)27-14-9-7-13(8-10-14)11-17(20(24)26-3)28-16-6-4-5-15(18(16)22)19(23)25-2/h4-11,22H,1-3H3/b17-11-. The van der Waals surface area contributed by atoms with Crippen LogP contribution in [-0.2, 0) is 19.1 Å². The van der Waals surface area contributed by atoms with Crippen LogP contribution in [0.4, 0.5) is 0 Å². The fourth-order valence-electron chi connectivity index (χ4n) is 2.18. The molecule has 2 aromatic carbocycles. The first-order valence-corrected chi connectivity index (χ1v) is 8.02. The molecule has 0 aliphatic heterocycles. The van der Waals surface area contributed by atoms with Crippen LogP contribution < -0.4 is 9.47 Å². The van der Waals surface area contributed by atoms with Crippen molar-refractivity contribution in [1.82, 2.24) is 0 Å². The number of aromatic hydroxyl groups is 1. The minimum absolute atomic E-state index is 0.116. The summed E-state index contributed by atoms with van der Waals surface area (Å²) in [6.45, 7) is 1.28. The van der Waals surface area contributed by atoms with Gasteiger partial charge in [0.15, 0.2) is 11.5 Å². The van der Waals surface area contributed by atoms with Gasteiger partial charge in [-0.2, -0.15) is 0 Å². The molecule has 0 heterocycles. The zero-order valence-electron chi connectivity index (χ0n) is 15.4. The number of hydrogen-bond acceptors (Lipinski definition) is 8. The van der Waals surface area contributed by atoms with Gasteiger partial charge >= 0.3 is 17.9 Å². The van der Waals surface area contributed by atoms with E-state index in [0.717, 1.165) is 0 Å². The third-order valence-electron chi connectivity index (χ3n) is 3.45. The Morgan fingerprint density at radius 1 is 0.929 bits per heavy atom. The van der Waals surface area contributed by atoms with Gasteiger partial charge in [-0.05, 0) is 35.9 Å². The molecule has 8 heteroatoms. The van der Waals surface area contributed by atoms with Gasteiger partial charge in [0, 0.05) is 6.92 Å². The summed E-state index contributed by atoms with van der Waals surface area (Å²) in [6, 6.07) is 10.5. The Morgan fingerprint density at radius 2 is 1.61 bits per heavy atom. The predicted molar refractivity (Wildman–Crippen MR) is 97.8 cm³/mol. The molecule has 0 aliphatic carbocycles. The molecule has 0 atom stereocenters. The largest absolute Gasteiger partial charge is 0.504 e. The number of para-hydroxylation sites is 1. The first-order chi connectivity index (χ1) is 13.3. The lowest BCUT2D eigenvalue weighted by molar-refractivity contribution is -0.138. The number of esters is 3. The minimum Gasteiger partial charge on any atom is -0.504 e. The van der Waals surface area contributed by atoms with Crippen molar-refractivity contribution in [2.45, 2.75) is 6.92 Å². The fourth-order valence-corrected chi connectivity index (χ4v) is 2.18. The minimum atomic E-state index is -0.799. The van der Waals surface area contributed by atoms with Gasteiger partial charge in [0.1, 0.15) is 11.3 Å². The summed E-state index contributed by atoms with van der Waals surface area (Å²) in [6.07, 6.45) is 1.37. The molecule has 0 aromatic heterocycles. The van der Waals surface area contributed by atoms with Crippen molar-refractivity contribution in [3.05, 3.63) is 59.4 Å². The van der Waals surface area contributed by atoms with E-state index >= 15 is 0 Å². The zero-order valence-corrected chi connectivity index (χ0v) is 15.4. The molecule has 0 aliphatic rings. The van der Waals surface area contributed by atoms with E-state index in [-0.39, 0.29) is 17.1 Å². The van der Waals surface area contributed by atoms with E-state index in [1.807, 2.05) is 0 Å². The molecule has 8 nitrogen and oxygen atoms in total. The molecule has 1 N–H and O–H groups in total. The number of hydrogen-bond donors (Lipinski definition) is 1. The molecule has 0 unspecified atom stereocenters. The number of benzene rings is 2. The zero-order chi connectivity index (χ0) is 20.7. The van der Waals surface area contributed by atoms with Gasteiger partial charge in [-0.3, -0.25) is 4.79 Å². The number of rotatable bonds is 6. The Hall–Kier alpha value is -3.81. The van der Waals surface area contributed by atoms with Crippen molar-refractivity contribution in [3.63, 3.8) is 0 Å². The van der Waals surface area contributed by atoms with E-state index in [4.69, 9.17) is 14.2 Å². The van der Waals surface area contributed by atoms with Crippen LogP contribution in [0.1, 0.15) is 22.8 Å². The SMILES string of the molecule is COC(=O)/C(=C/c1ccc(OC(C)=O)cc1)Oc1cccc(C(=O)OC)c1O. The van der Waals surface area contributed by atoms with Crippen LogP contribution in [0.25, 0.3) is 6.08 Å². The van der Waals surface area contributed by atoms with Crippen LogP contribution >= 0.6 is 0 Å². The van der Waals surface area contributed by atoms with Crippen LogP contribution in [0.3, 0.4) is 0 Å². The van der Waals surface area contributed by atoms with Crippen molar-refractivity contribution in [3.8, 4) is 17.2 Å². The maximum absolute atomic E-state index is 12.1. The summed E-state index contributed by atoms with van der Waals surface area (Å²) in [4.78, 5) is 34.7. The van der Waals surface area contributed by atoms with Crippen molar-refractivity contribution in [1.29, 1.82) is 0 Å². The maximum Gasteiger partial charge on any atom is 0.373 e. The van der Waals surface area contributed by atoms with Crippen molar-refractivity contribution >= 4 is 24.0 Å². The van der Waals surface area contributed by atoms with Crippen LogP contribution in [0.5, 0.6) is 17.2 Å². The molecular weight excluding hydrogens is 368 g/mol. The van der Waals surface area contributed by atoms with E-state index in [0.29, 0.717) is 11.3 Å². The van der Waals surface area contributed by atoms with Crippen molar-refractivity contribution < 1.29 is 38.4 Å². The van der Waals surface area contributed by atoms with E-state index < -0.39 is 23.7 Å². The van der Waals surface area contributed by atoms with Crippen molar-refractivity contribution in [2.75, 3.05) is 14.2 Å². The van der Waals surface area contributed by atoms with Gasteiger partial charge in [0.2, 0.25) is 5.76 Å². The molecule has 28 heavy (non-hydrogen) atoms.